The lowest BCUT2D eigenvalue weighted by Gasteiger charge is -2.26. The Morgan fingerprint density at radius 1 is 1.37 bits per heavy atom. The maximum atomic E-state index is 12.0. The molecule has 1 aliphatic heterocycles. The molecule has 104 valence electrons. The number of ether oxygens (including phenoxy) is 1. The zero-order chi connectivity index (χ0) is 13.9. The molecule has 0 radical (unpaired) electrons. The van der Waals surface area contributed by atoms with Gasteiger partial charge < -0.3 is 10.1 Å². The number of benzene rings is 1. The molecule has 0 fully saturated rings. The van der Waals surface area contributed by atoms with E-state index < -0.39 is 0 Å². The summed E-state index contributed by atoms with van der Waals surface area (Å²) in [6, 6.07) is 8.26. The largest absolute Gasteiger partial charge is 0.373 e. The highest BCUT2D eigenvalue weighted by Crippen LogP contribution is 2.29. The number of Topliss-reactive ketones (excluding diaryl/α,β-unsaturated/α-hetero) is 1. The molecule has 0 aromatic heterocycles. The molecule has 3 nitrogen and oxygen atoms in total. The summed E-state index contributed by atoms with van der Waals surface area (Å²) in [5.41, 5.74) is 2.47. The summed E-state index contributed by atoms with van der Waals surface area (Å²) in [5, 5.41) is 3.23. The lowest BCUT2D eigenvalue weighted by atomic mass is 9.94. The van der Waals surface area contributed by atoms with E-state index in [2.05, 4.69) is 38.2 Å². The van der Waals surface area contributed by atoms with Gasteiger partial charge in [0.2, 0.25) is 0 Å². The molecule has 0 amide bonds. The van der Waals surface area contributed by atoms with Gasteiger partial charge in [0, 0.05) is 12.0 Å². The van der Waals surface area contributed by atoms with Gasteiger partial charge in [-0.15, -0.1) is 0 Å². The minimum Gasteiger partial charge on any atom is -0.373 e. The topological polar surface area (TPSA) is 38.3 Å². The van der Waals surface area contributed by atoms with Crippen LogP contribution in [0.2, 0.25) is 0 Å². The first-order chi connectivity index (χ1) is 8.96. The van der Waals surface area contributed by atoms with Gasteiger partial charge in [-0.3, -0.25) is 4.79 Å². The Morgan fingerprint density at radius 3 is 2.84 bits per heavy atom. The molecule has 0 saturated carbocycles. The van der Waals surface area contributed by atoms with E-state index in [1.165, 1.54) is 11.1 Å². The second-order valence-corrected chi connectivity index (χ2v) is 6.15. The molecule has 1 aliphatic rings. The van der Waals surface area contributed by atoms with Crippen LogP contribution in [-0.4, -0.2) is 24.5 Å². The summed E-state index contributed by atoms with van der Waals surface area (Å²) in [5.74, 6) is 0.205. The fourth-order valence-corrected chi connectivity index (χ4v) is 2.29. The smallest absolute Gasteiger partial charge is 0.149 e. The van der Waals surface area contributed by atoms with Crippen molar-refractivity contribution in [1.82, 2.24) is 5.32 Å². The van der Waals surface area contributed by atoms with Crippen molar-refractivity contribution in [2.75, 3.05) is 13.2 Å². The van der Waals surface area contributed by atoms with Crippen LogP contribution in [0.1, 0.15) is 44.4 Å². The van der Waals surface area contributed by atoms with Gasteiger partial charge in [0.15, 0.2) is 0 Å². The molecule has 1 heterocycles. The van der Waals surface area contributed by atoms with E-state index in [0.29, 0.717) is 19.6 Å². The molecular formula is C16H23NO2. The third kappa shape index (κ3) is 4.15. The lowest BCUT2D eigenvalue weighted by Crippen LogP contribution is -2.39. The van der Waals surface area contributed by atoms with E-state index in [1.807, 2.05) is 12.1 Å². The van der Waals surface area contributed by atoms with Crippen molar-refractivity contribution in [1.29, 1.82) is 0 Å². The summed E-state index contributed by atoms with van der Waals surface area (Å²) in [6.45, 7) is 7.30. The predicted molar refractivity (Wildman–Crippen MR) is 76.2 cm³/mol. The standard InChI is InChI=1S/C16H23NO2/c1-16(2,3)17-11-13(18)10-15-14-7-5-4-6-12(14)8-9-19-15/h4-7,15,17H,8-11H2,1-3H3. The van der Waals surface area contributed by atoms with Gasteiger partial charge >= 0.3 is 0 Å². The van der Waals surface area contributed by atoms with Crippen molar-refractivity contribution in [3.8, 4) is 0 Å². The van der Waals surface area contributed by atoms with Crippen LogP contribution in [0.15, 0.2) is 24.3 Å². The molecule has 1 aromatic rings. The fraction of sp³-hybridized carbons (Fsp3) is 0.562. The van der Waals surface area contributed by atoms with Gasteiger partial charge in [-0.1, -0.05) is 24.3 Å². The van der Waals surface area contributed by atoms with Gasteiger partial charge in [0.05, 0.1) is 19.3 Å². The Balaban J connectivity index is 1.95. The van der Waals surface area contributed by atoms with Gasteiger partial charge in [-0.05, 0) is 38.3 Å². The lowest BCUT2D eigenvalue weighted by molar-refractivity contribution is -0.121. The highest BCUT2D eigenvalue weighted by molar-refractivity contribution is 5.81. The van der Waals surface area contributed by atoms with E-state index >= 15 is 0 Å². The zero-order valence-electron chi connectivity index (χ0n) is 12.0. The van der Waals surface area contributed by atoms with Crippen molar-refractivity contribution >= 4 is 5.78 Å². The Hall–Kier alpha value is -1.19. The number of rotatable bonds is 4. The molecule has 19 heavy (non-hydrogen) atoms. The highest BCUT2D eigenvalue weighted by atomic mass is 16.5. The predicted octanol–water partition coefficient (Wildman–Crippen LogP) is 2.65. The Morgan fingerprint density at radius 2 is 2.11 bits per heavy atom. The van der Waals surface area contributed by atoms with Crippen molar-refractivity contribution in [3.63, 3.8) is 0 Å². The van der Waals surface area contributed by atoms with Crippen LogP contribution in [0.3, 0.4) is 0 Å². The average Bonchev–Trinajstić information content (AvgIpc) is 2.36. The molecule has 0 spiro atoms. The Kier molecular flexibility index (Phi) is 4.38. The van der Waals surface area contributed by atoms with Crippen molar-refractivity contribution < 1.29 is 9.53 Å². The molecule has 1 unspecified atom stereocenters. The number of hydrogen-bond donors (Lipinski definition) is 1. The van der Waals surface area contributed by atoms with Gasteiger partial charge in [0.1, 0.15) is 5.78 Å². The third-order valence-corrected chi connectivity index (χ3v) is 3.32. The zero-order valence-corrected chi connectivity index (χ0v) is 12.0. The average molecular weight is 261 g/mol. The first-order valence-electron chi connectivity index (χ1n) is 6.92. The Bertz CT molecular complexity index is 448. The fourth-order valence-electron chi connectivity index (χ4n) is 2.29. The molecular weight excluding hydrogens is 238 g/mol. The van der Waals surface area contributed by atoms with Crippen LogP contribution in [0.5, 0.6) is 0 Å². The van der Waals surface area contributed by atoms with Crippen molar-refractivity contribution in [2.24, 2.45) is 0 Å². The summed E-state index contributed by atoms with van der Waals surface area (Å²) in [4.78, 5) is 12.0. The molecule has 1 aromatic carbocycles. The van der Waals surface area contributed by atoms with Crippen LogP contribution in [0.4, 0.5) is 0 Å². The van der Waals surface area contributed by atoms with Crippen LogP contribution >= 0.6 is 0 Å². The number of carbonyl (C=O) groups is 1. The van der Waals surface area contributed by atoms with Crippen LogP contribution in [0, 0.1) is 0 Å². The normalized spacial score (nSPS) is 19.0. The molecule has 1 atom stereocenters. The van der Waals surface area contributed by atoms with Crippen LogP contribution in [-0.2, 0) is 16.0 Å². The highest BCUT2D eigenvalue weighted by Gasteiger charge is 2.23. The molecule has 2 rings (SSSR count). The summed E-state index contributed by atoms with van der Waals surface area (Å²) < 4.78 is 5.76. The van der Waals surface area contributed by atoms with Gasteiger partial charge in [-0.2, -0.15) is 0 Å². The monoisotopic (exact) mass is 261 g/mol. The van der Waals surface area contributed by atoms with Crippen LogP contribution < -0.4 is 5.32 Å². The van der Waals surface area contributed by atoms with Gasteiger partial charge in [-0.25, -0.2) is 0 Å². The SMILES string of the molecule is CC(C)(C)NCC(=O)CC1OCCc2ccccc21. The maximum absolute atomic E-state index is 12.0. The van der Waals surface area contributed by atoms with Gasteiger partial charge in [0.25, 0.3) is 0 Å². The summed E-state index contributed by atoms with van der Waals surface area (Å²) in [6.07, 6.45) is 1.33. The first-order valence-corrected chi connectivity index (χ1v) is 6.92. The van der Waals surface area contributed by atoms with E-state index in [4.69, 9.17) is 4.74 Å². The molecule has 0 aliphatic carbocycles. The van der Waals surface area contributed by atoms with Crippen molar-refractivity contribution in [3.05, 3.63) is 35.4 Å². The van der Waals surface area contributed by atoms with Crippen LogP contribution in [0.25, 0.3) is 0 Å². The number of ketones is 1. The summed E-state index contributed by atoms with van der Waals surface area (Å²) in [7, 11) is 0. The van der Waals surface area contributed by atoms with Crippen molar-refractivity contribution in [2.45, 2.75) is 45.3 Å². The third-order valence-electron chi connectivity index (χ3n) is 3.32. The molecule has 1 N–H and O–H groups in total. The van der Waals surface area contributed by atoms with E-state index in [0.717, 1.165) is 6.42 Å². The molecule has 3 heteroatoms. The van der Waals surface area contributed by atoms with E-state index in [1.54, 1.807) is 0 Å². The minimum atomic E-state index is -0.0702. The minimum absolute atomic E-state index is 0.0268. The molecule has 0 saturated heterocycles. The van der Waals surface area contributed by atoms with E-state index in [9.17, 15) is 4.79 Å². The maximum Gasteiger partial charge on any atom is 0.149 e. The summed E-state index contributed by atoms with van der Waals surface area (Å²) >= 11 is 0. The molecule has 0 bridgehead atoms. The Labute approximate surface area is 115 Å². The number of nitrogens with one attached hydrogen (secondary N) is 1. The number of fused-ring (bicyclic) bond motifs is 1. The number of carbonyl (C=O) groups excluding carboxylic acids is 1. The van der Waals surface area contributed by atoms with E-state index in [-0.39, 0.29) is 17.4 Å². The second-order valence-electron chi connectivity index (χ2n) is 6.15. The number of hydrogen-bond acceptors (Lipinski definition) is 3. The quantitative estimate of drug-likeness (QED) is 0.905. The first kappa shape index (κ1) is 14.2. The second kappa shape index (κ2) is 5.85.